The molecule has 124 valence electrons. The SMILES string of the molecule is CCCCOc1ccc(/C=N\NC(=O)[C@H]2CCCNC2=O)cc1. The first-order valence-electron chi connectivity index (χ1n) is 8.04. The molecule has 1 aliphatic heterocycles. The van der Waals surface area contributed by atoms with E-state index in [1.54, 1.807) is 6.21 Å². The van der Waals surface area contributed by atoms with Crippen molar-refractivity contribution in [3.05, 3.63) is 29.8 Å². The third kappa shape index (κ3) is 5.39. The fourth-order valence-electron chi connectivity index (χ4n) is 2.26. The fraction of sp³-hybridized carbons (Fsp3) is 0.471. The van der Waals surface area contributed by atoms with Crippen molar-refractivity contribution >= 4 is 18.0 Å². The maximum absolute atomic E-state index is 11.9. The van der Waals surface area contributed by atoms with Gasteiger partial charge in [-0.25, -0.2) is 5.43 Å². The van der Waals surface area contributed by atoms with E-state index < -0.39 is 5.92 Å². The number of hydrogen-bond acceptors (Lipinski definition) is 4. The summed E-state index contributed by atoms with van der Waals surface area (Å²) >= 11 is 0. The van der Waals surface area contributed by atoms with E-state index in [0.717, 1.165) is 30.6 Å². The highest BCUT2D eigenvalue weighted by molar-refractivity contribution is 6.00. The van der Waals surface area contributed by atoms with Gasteiger partial charge in [0, 0.05) is 6.54 Å². The van der Waals surface area contributed by atoms with Gasteiger partial charge < -0.3 is 10.1 Å². The number of nitrogens with one attached hydrogen (secondary N) is 2. The summed E-state index contributed by atoms with van der Waals surface area (Å²) in [4.78, 5) is 23.5. The molecule has 2 amide bonds. The molecule has 2 N–H and O–H groups in total. The highest BCUT2D eigenvalue weighted by Crippen LogP contribution is 2.12. The molecule has 0 aliphatic carbocycles. The molecule has 0 radical (unpaired) electrons. The lowest BCUT2D eigenvalue weighted by atomic mass is 9.98. The third-order valence-corrected chi connectivity index (χ3v) is 3.64. The van der Waals surface area contributed by atoms with Crippen LogP contribution in [0.25, 0.3) is 0 Å². The van der Waals surface area contributed by atoms with E-state index >= 15 is 0 Å². The van der Waals surface area contributed by atoms with Crippen LogP contribution in [0.15, 0.2) is 29.4 Å². The van der Waals surface area contributed by atoms with Crippen molar-refractivity contribution in [1.82, 2.24) is 10.7 Å². The minimum atomic E-state index is -0.643. The Labute approximate surface area is 136 Å². The highest BCUT2D eigenvalue weighted by atomic mass is 16.5. The standard InChI is InChI=1S/C17H23N3O3/c1-2-3-11-23-14-8-6-13(7-9-14)12-19-20-17(22)15-5-4-10-18-16(15)21/h6-9,12,15H,2-5,10-11H2,1H3,(H,18,21)(H,20,22)/b19-12-/t15-/m0/s1. The normalized spacial score (nSPS) is 17.8. The second-order valence-electron chi connectivity index (χ2n) is 5.49. The minimum Gasteiger partial charge on any atom is -0.494 e. The summed E-state index contributed by atoms with van der Waals surface area (Å²) < 4.78 is 5.58. The van der Waals surface area contributed by atoms with Crippen LogP contribution in [0, 0.1) is 5.92 Å². The van der Waals surface area contributed by atoms with Crippen molar-refractivity contribution in [3.8, 4) is 5.75 Å². The molecule has 0 aromatic heterocycles. The van der Waals surface area contributed by atoms with Crippen LogP contribution in [-0.4, -0.2) is 31.2 Å². The zero-order valence-electron chi connectivity index (χ0n) is 13.4. The van der Waals surface area contributed by atoms with E-state index in [9.17, 15) is 9.59 Å². The fourth-order valence-corrected chi connectivity index (χ4v) is 2.26. The van der Waals surface area contributed by atoms with Gasteiger partial charge in [0.1, 0.15) is 11.7 Å². The maximum Gasteiger partial charge on any atom is 0.252 e. The summed E-state index contributed by atoms with van der Waals surface area (Å²) in [7, 11) is 0. The molecule has 6 nitrogen and oxygen atoms in total. The quantitative estimate of drug-likeness (QED) is 0.348. The molecule has 0 bridgehead atoms. The molecular weight excluding hydrogens is 294 g/mol. The number of unbranched alkanes of at least 4 members (excludes halogenated alkanes) is 1. The average molecular weight is 317 g/mol. The molecule has 23 heavy (non-hydrogen) atoms. The molecule has 0 unspecified atom stereocenters. The van der Waals surface area contributed by atoms with Crippen LogP contribution in [0.3, 0.4) is 0 Å². The van der Waals surface area contributed by atoms with E-state index in [1.165, 1.54) is 0 Å². The molecule has 1 aliphatic rings. The number of hydrazone groups is 1. The number of carbonyl (C=O) groups excluding carboxylic acids is 2. The molecule has 0 spiro atoms. The van der Waals surface area contributed by atoms with Crippen LogP contribution in [0.5, 0.6) is 5.75 Å². The van der Waals surface area contributed by atoms with Crippen molar-refractivity contribution in [2.75, 3.05) is 13.2 Å². The highest BCUT2D eigenvalue weighted by Gasteiger charge is 2.28. The van der Waals surface area contributed by atoms with Crippen LogP contribution in [-0.2, 0) is 9.59 Å². The average Bonchev–Trinajstić information content (AvgIpc) is 2.57. The van der Waals surface area contributed by atoms with Crippen molar-refractivity contribution in [3.63, 3.8) is 0 Å². The van der Waals surface area contributed by atoms with Crippen LogP contribution in [0.4, 0.5) is 0 Å². The first-order valence-corrected chi connectivity index (χ1v) is 8.04. The van der Waals surface area contributed by atoms with Gasteiger partial charge >= 0.3 is 0 Å². The van der Waals surface area contributed by atoms with Gasteiger partial charge in [-0.1, -0.05) is 13.3 Å². The van der Waals surface area contributed by atoms with Gasteiger partial charge in [-0.2, -0.15) is 5.10 Å². The molecular formula is C17H23N3O3. The first kappa shape index (κ1) is 17.0. The van der Waals surface area contributed by atoms with E-state index in [4.69, 9.17) is 4.74 Å². The Morgan fingerprint density at radius 2 is 2.22 bits per heavy atom. The predicted molar refractivity (Wildman–Crippen MR) is 88.3 cm³/mol. The Bertz CT molecular complexity index is 555. The molecule has 1 aromatic rings. The number of hydrogen-bond donors (Lipinski definition) is 2. The summed E-state index contributed by atoms with van der Waals surface area (Å²) in [5.41, 5.74) is 3.27. The van der Waals surface area contributed by atoms with Crippen molar-refractivity contribution in [1.29, 1.82) is 0 Å². The number of nitrogens with zero attached hydrogens (tertiary/aromatic N) is 1. The molecule has 6 heteroatoms. The molecule has 2 rings (SSSR count). The van der Waals surface area contributed by atoms with Crippen LogP contribution in [0.1, 0.15) is 38.2 Å². The topological polar surface area (TPSA) is 79.8 Å². The number of carbonyl (C=O) groups is 2. The van der Waals surface area contributed by atoms with Crippen LogP contribution < -0.4 is 15.5 Å². The lowest BCUT2D eigenvalue weighted by molar-refractivity contribution is -0.136. The zero-order chi connectivity index (χ0) is 16.5. The second-order valence-corrected chi connectivity index (χ2v) is 5.49. The molecule has 1 fully saturated rings. The molecule has 1 heterocycles. The maximum atomic E-state index is 11.9. The van der Waals surface area contributed by atoms with Gasteiger partial charge in [0.25, 0.3) is 5.91 Å². The molecule has 1 atom stereocenters. The van der Waals surface area contributed by atoms with Gasteiger partial charge in [-0.05, 0) is 49.1 Å². The Balaban J connectivity index is 1.80. The van der Waals surface area contributed by atoms with Gasteiger partial charge in [-0.3, -0.25) is 9.59 Å². The van der Waals surface area contributed by atoms with E-state index in [1.807, 2.05) is 24.3 Å². The van der Waals surface area contributed by atoms with Crippen molar-refractivity contribution in [2.45, 2.75) is 32.6 Å². The number of benzene rings is 1. The summed E-state index contributed by atoms with van der Waals surface area (Å²) in [6.07, 6.45) is 5.06. The third-order valence-electron chi connectivity index (χ3n) is 3.64. The largest absolute Gasteiger partial charge is 0.494 e. The minimum absolute atomic E-state index is 0.225. The van der Waals surface area contributed by atoms with E-state index in [-0.39, 0.29) is 11.8 Å². The second kappa shape index (κ2) is 8.92. The Morgan fingerprint density at radius 1 is 1.43 bits per heavy atom. The summed E-state index contributed by atoms with van der Waals surface area (Å²) in [6.45, 7) is 3.47. The first-order chi connectivity index (χ1) is 11.2. The van der Waals surface area contributed by atoms with Gasteiger partial charge in [0.2, 0.25) is 5.91 Å². The number of rotatable bonds is 7. The molecule has 1 aromatic carbocycles. The van der Waals surface area contributed by atoms with Crippen molar-refractivity contribution < 1.29 is 14.3 Å². The van der Waals surface area contributed by atoms with Crippen molar-refractivity contribution in [2.24, 2.45) is 11.0 Å². The zero-order valence-corrected chi connectivity index (χ0v) is 13.4. The number of piperidine rings is 1. The van der Waals surface area contributed by atoms with Gasteiger partial charge in [-0.15, -0.1) is 0 Å². The Morgan fingerprint density at radius 3 is 2.91 bits per heavy atom. The Hall–Kier alpha value is -2.37. The monoisotopic (exact) mass is 317 g/mol. The van der Waals surface area contributed by atoms with Gasteiger partial charge in [0.05, 0.1) is 12.8 Å². The van der Waals surface area contributed by atoms with E-state index in [2.05, 4.69) is 22.8 Å². The number of ether oxygens (including phenoxy) is 1. The summed E-state index contributed by atoms with van der Waals surface area (Å²) in [5, 5.41) is 6.59. The molecule has 0 saturated carbocycles. The lowest BCUT2D eigenvalue weighted by Gasteiger charge is -2.19. The smallest absolute Gasteiger partial charge is 0.252 e. The summed E-state index contributed by atoms with van der Waals surface area (Å²) in [6, 6.07) is 7.47. The van der Waals surface area contributed by atoms with Crippen LogP contribution >= 0.6 is 0 Å². The predicted octanol–water partition coefficient (Wildman–Crippen LogP) is 1.84. The molecule has 1 saturated heterocycles. The summed E-state index contributed by atoms with van der Waals surface area (Å²) in [5.74, 6) is -0.413. The lowest BCUT2D eigenvalue weighted by Crippen LogP contribution is -2.43. The van der Waals surface area contributed by atoms with E-state index in [0.29, 0.717) is 19.6 Å². The Kier molecular flexibility index (Phi) is 6.59. The number of amides is 2. The van der Waals surface area contributed by atoms with Gasteiger partial charge in [0.15, 0.2) is 0 Å². The van der Waals surface area contributed by atoms with Crippen LogP contribution in [0.2, 0.25) is 0 Å².